The minimum absolute atomic E-state index is 0.374. The van der Waals surface area contributed by atoms with Crippen LogP contribution in [0.1, 0.15) is 11.1 Å². The Hall–Kier alpha value is -4.11. The molecule has 5 aromatic rings. The molecule has 0 amide bonds. The van der Waals surface area contributed by atoms with E-state index in [1.165, 1.54) is 0 Å². The molecular weight excluding hydrogens is 466 g/mol. The third-order valence-electron chi connectivity index (χ3n) is 5.73. The van der Waals surface area contributed by atoms with Gasteiger partial charge in [-0.1, -0.05) is 0 Å². The third-order valence-corrected chi connectivity index (χ3v) is 6.03. The monoisotopic (exact) mass is 489 g/mol. The quantitative estimate of drug-likeness (QED) is 0.319. The molecule has 0 saturated heterocycles. The lowest BCUT2D eigenvalue weighted by molar-refractivity contribution is 0.391. The van der Waals surface area contributed by atoms with Gasteiger partial charge in [-0.15, -0.1) is 11.6 Å². The Morgan fingerprint density at radius 2 is 1.94 bits per heavy atom. The molecule has 5 rings (SSSR count). The van der Waals surface area contributed by atoms with Crippen LogP contribution >= 0.6 is 11.6 Å². The fourth-order valence-electron chi connectivity index (χ4n) is 4.00. The van der Waals surface area contributed by atoms with E-state index in [1.807, 2.05) is 54.3 Å². The molecule has 4 heterocycles. The lowest BCUT2D eigenvalue weighted by atomic mass is 10.1. The molecule has 0 radical (unpaired) electrons. The van der Waals surface area contributed by atoms with E-state index in [1.54, 1.807) is 37.6 Å². The average molecular weight is 490 g/mol. The molecule has 10 heteroatoms. The summed E-state index contributed by atoms with van der Waals surface area (Å²) < 4.78 is 14.6. The molecule has 0 spiro atoms. The summed E-state index contributed by atoms with van der Waals surface area (Å²) in [4.78, 5) is 13.5. The van der Waals surface area contributed by atoms with Crippen LogP contribution in [0.5, 0.6) is 11.5 Å². The molecule has 178 valence electrons. The van der Waals surface area contributed by atoms with Gasteiger partial charge in [0.25, 0.3) is 0 Å². The van der Waals surface area contributed by atoms with Crippen LogP contribution in [0, 0.1) is 0 Å². The number of nitrogens with zero attached hydrogens (tertiary/aromatic N) is 6. The van der Waals surface area contributed by atoms with E-state index >= 15 is 0 Å². The molecular formula is C25H24ClN7O2. The van der Waals surface area contributed by atoms with Gasteiger partial charge in [0.1, 0.15) is 23.6 Å². The molecule has 0 aliphatic heterocycles. The predicted molar refractivity (Wildman–Crippen MR) is 135 cm³/mol. The topological polar surface area (TPSA) is 91.9 Å². The molecule has 4 aromatic heterocycles. The first kappa shape index (κ1) is 22.7. The molecule has 0 atom stereocenters. The first-order valence-electron chi connectivity index (χ1n) is 10.9. The molecule has 0 saturated carbocycles. The number of halogens is 1. The van der Waals surface area contributed by atoms with Crippen LogP contribution in [0.2, 0.25) is 0 Å². The van der Waals surface area contributed by atoms with E-state index in [0.29, 0.717) is 18.2 Å². The average Bonchev–Trinajstić information content (AvgIpc) is 3.51. The van der Waals surface area contributed by atoms with Crippen molar-refractivity contribution in [2.75, 3.05) is 19.5 Å². The number of aryl methyl sites for hydroxylation is 1. The largest absolute Gasteiger partial charge is 0.497 e. The SMILES string of the molecule is COc1ccc(CNc2ncnc3c2c(-c2ccn(C)n2)cn3-c2cncc(CCl)c2)c(OC)c1. The summed E-state index contributed by atoms with van der Waals surface area (Å²) >= 11 is 6.06. The van der Waals surface area contributed by atoms with E-state index in [4.69, 9.17) is 21.1 Å². The first-order chi connectivity index (χ1) is 17.1. The highest BCUT2D eigenvalue weighted by atomic mass is 35.5. The zero-order chi connectivity index (χ0) is 24.4. The van der Waals surface area contributed by atoms with Crippen LogP contribution in [0.25, 0.3) is 28.0 Å². The summed E-state index contributed by atoms with van der Waals surface area (Å²) in [6.07, 6.45) is 9.01. The van der Waals surface area contributed by atoms with Crippen molar-refractivity contribution < 1.29 is 9.47 Å². The minimum atomic E-state index is 0.374. The number of hydrogen-bond donors (Lipinski definition) is 1. The van der Waals surface area contributed by atoms with Crippen molar-refractivity contribution in [2.24, 2.45) is 7.05 Å². The van der Waals surface area contributed by atoms with Crippen molar-refractivity contribution in [1.29, 1.82) is 0 Å². The zero-order valence-electron chi connectivity index (χ0n) is 19.6. The van der Waals surface area contributed by atoms with Gasteiger partial charge in [0.15, 0.2) is 5.65 Å². The summed E-state index contributed by atoms with van der Waals surface area (Å²) in [5, 5.41) is 8.95. The molecule has 35 heavy (non-hydrogen) atoms. The highest BCUT2D eigenvalue weighted by Gasteiger charge is 2.19. The van der Waals surface area contributed by atoms with E-state index in [9.17, 15) is 0 Å². The van der Waals surface area contributed by atoms with E-state index < -0.39 is 0 Å². The van der Waals surface area contributed by atoms with E-state index in [0.717, 1.165) is 50.6 Å². The summed E-state index contributed by atoms with van der Waals surface area (Å²) in [5.41, 5.74) is 5.21. The van der Waals surface area contributed by atoms with Gasteiger partial charge in [-0.3, -0.25) is 14.2 Å². The Bertz CT molecular complexity index is 1490. The van der Waals surface area contributed by atoms with Crippen LogP contribution in [-0.2, 0) is 19.5 Å². The fourth-order valence-corrected chi connectivity index (χ4v) is 4.15. The Morgan fingerprint density at radius 3 is 2.69 bits per heavy atom. The Labute approximate surface area is 207 Å². The number of benzene rings is 1. The van der Waals surface area contributed by atoms with Crippen molar-refractivity contribution in [3.63, 3.8) is 0 Å². The van der Waals surface area contributed by atoms with Gasteiger partial charge in [-0.2, -0.15) is 5.10 Å². The van der Waals surface area contributed by atoms with Gasteiger partial charge in [-0.05, 0) is 29.8 Å². The maximum atomic E-state index is 6.06. The molecule has 9 nitrogen and oxygen atoms in total. The molecule has 0 aliphatic rings. The minimum Gasteiger partial charge on any atom is -0.497 e. The molecule has 0 unspecified atom stereocenters. The molecule has 0 fully saturated rings. The number of alkyl halides is 1. The Balaban J connectivity index is 1.62. The van der Waals surface area contributed by atoms with Crippen LogP contribution in [0.15, 0.2) is 61.4 Å². The number of pyridine rings is 1. The van der Waals surface area contributed by atoms with Crippen LogP contribution in [0.4, 0.5) is 5.82 Å². The van der Waals surface area contributed by atoms with Crippen LogP contribution in [-0.4, -0.2) is 43.5 Å². The van der Waals surface area contributed by atoms with Crippen LogP contribution in [0.3, 0.4) is 0 Å². The van der Waals surface area contributed by atoms with Gasteiger partial charge in [0.2, 0.25) is 0 Å². The number of aromatic nitrogens is 6. The van der Waals surface area contributed by atoms with Crippen molar-refractivity contribution in [2.45, 2.75) is 12.4 Å². The van der Waals surface area contributed by atoms with Crippen molar-refractivity contribution in [3.8, 4) is 28.4 Å². The standard InChI is InChI=1S/C25H24ClN7O2/c1-32-7-6-21(31-32)20-14-33(18-8-16(10-26)11-27-13-18)25-23(20)24(29-15-30-25)28-12-17-4-5-19(34-2)9-22(17)35-3/h4-9,11,13-15H,10,12H2,1-3H3,(H,28,29,30). The summed E-state index contributed by atoms with van der Waals surface area (Å²) in [5.74, 6) is 2.53. The number of hydrogen-bond acceptors (Lipinski definition) is 7. The van der Waals surface area contributed by atoms with Gasteiger partial charge in [0.05, 0.1) is 37.2 Å². The number of methoxy groups -OCH3 is 2. The smallest absolute Gasteiger partial charge is 0.150 e. The summed E-state index contributed by atoms with van der Waals surface area (Å²) in [7, 11) is 5.16. The van der Waals surface area contributed by atoms with Crippen LogP contribution < -0.4 is 14.8 Å². The van der Waals surface area contributed by atoms with Gasteiger partial charge < -0.3 is 14.8 Å². The molecule has 0 bridgehead atoms. The number of ether oxygens (including phenoxy) is 2. The fraction of sp³-hybridized carbons (Fsp3) is 0.200. The van der Waals surface area contributed by atoms with Gasteiger partial charge in [-0.25, -0.2) is 9.97 Å². The lowest BCUT2D eigenvalue weighted by Gasteiger charge is -2.12. The maximum Gasteiger partial charge on any atom is 0.150 e. The number of rotatable bonds is 8. The highest BCUT2D eigenvalue weighted by Crippen LogP contribution is 2.35. The molecule has 1 N–H and O–H groups in total. The van der Waals surface area contributed by atoms with Crippen molar-refractivity contribution in [1.82, 2.24) is 29.3 Å². The maximum absolute atomic E-state index is 6.06. The second-order valence-corrected chi connectivity index (χ2v) is 8.19. The summed E-state index contributed by atoms with van der Waals surface area (Å²) in [6.45, 7) is 0.495. The van der Waals surface area contributed by atoms with Gasteiger partial charge in [0, 0.05) is 55.3 Å². The lowest BCUT2D eigenvalue weighted by Crippen LogP contribution is -2.05. The second kappa shape index (κ2) is 9.63. The van der Waals surface area contributed by atoms with E-state index in [2.05, 4.69) is 25.4 Å². The molecule has 0 aliphatic carbocycles. The number of anilines is 1. The van der Waals surface area contributed by atoms with Crippen molar-refractivity contribution >= 4 is 28.5 Å². The van der Waals surface area contributed by atoms with Crippen molar-refractivity contribution in [3.05, 3.63) is 72.6 Å². The number of fused-ring (bicyclic) bond motifs is 1. The predicted octanol–water partition coefficient (Wildman–Crippen LogP) is 4.58. The zero-order valence-corrected chi connectivity index (χ0v) is 20.3. The van der Waals surface area contributed by atoms with Gasteiger partial charge >= 0.3 is 0 Å². The highest BCUT2D eigenvalue weighted by molar-refractivity contribution is 6.17. The summed E-state index contributed by atoms with van der Waals surface area (Å²) in [6, 6.07) is 9.70. The number of nitrogens with one attached hydrogen (secondary N) is 1. The third kappa shape index (κ3) is 4.38. The first-order valence-corrected chi connectivity index (χ1v) is 11.5. The Morgan fingerprint density at radius 1 is 1.06 bits per heavy atom. The van der Waals surface area contributed by atoms with E-state index in [-0.39, 0.29) is 0 Å². The Kier molecular flexibility index (Phi) is 6.24. The normalized spacial score (nSPS) is 11.1. The second-order valence-electron chi connectivity index (χ2n) is 7.92. The molecule has 1 aromatic carbocycles.